The average molecular weight is 206 g/mol. The normalized spacial score (nSPS) is 40.4. The number of carbonyl (C=O) groups is 1. The number of hydrogen-bond donors (Lipinski definition) is 4. The average Bonchev–Trinajstić information content (AvgIpc) is 2.20. The van der Waals surface area contributed by atoms with Gasteiger partial charge in [0.25, 0.3) is 0 Å². The van der Waals surface area contributed by atoms with Gasteiger partial charge in [-0.05, 0) is 0 Å². The fourth-order valence-corrected chi connectivity index (χ4v) is 1.31. The smallest absolute Gasteiger partial charge is 0.189 e. The number of Topliss-reactive ketones (excluding diaryl/α,β-unsaturated/α-hetero) is 1. The van der Waals surface area contributed by atoms with E-state index in [-0.39, 0.29) is 19.8 Å². The van der Waals surface area contributed by atoms with Crippen molar-refractivity contribution in [2.75, 3.05) is 19.8 Å². The second kappa shape index (κ2) is 4.81. The molecule has 6 nitrogen and oxygen atoms in total. The summed E-state index contributed by atoms with van der Waals surface area (Å²) in [4.78, 5) is 11.0. The van der Waals surface area contributed by atoms with Gasteiger partial charge in [-0.2, -0.15) is 0 Å². The van der Waals surface area contributed by atoms with Crippen LogP contribution in [-0.2, 0) is 9.53 Å². The Labute approximate surface area is 80.7 Å². The number of rotatable bonds is 1. The molecule has 0 bridgehead atoms. The Morgan fingerprint density at radius 3 is 2.50 bits per heavy atom. The Bertz CT molecular complexity index is 206. The van der Waals surface area contributed by atoms with Crippen LogP contribution in [0.1, 0.15) is 0 Å². The van der Waals surface area contributed by atoms with Crippen molar-refractivity contribution in [3.8, 4) is 0 Å². The number of aliphatic hydroxyl groups is 4. The lowest BCUT2D eigenvalue weighted by molar-refractivity contribution is -0.157. The summed E-state index contributed by atoms with van der Waals surface area (Å²) in [7, 11) is 0. The third kappa shape index (κ3) is 2.28. The van der Waals surface area contributed by atoms with Crippen LogP contribution in [0.25, 0.3) is 0 Å². The molecule has 4 N–H and O–H groups in total. The molecule has 1 fully saturated rings. The van der Waals surface area contributed by atoms with Gasteiger partial charge in [-0.25, -0.2) is 0 Å². The minimum atomic E-state index is -1.65. The maximum Gasteiger partial charge on any atom is 0.189 e. The van der Waals surface area contributed by atoms with E-state index in [0.29, 0.717) is 0 Å². The molecule has 0 aromatic rings. The first kappa shape index (κ1) is 11.5. The molecule has 1 heterocycles. The van der Waals surface area contributed by atoms with E-state index < -0.39 is 30.0 Å². The first-order valence-electron chi connectivity index (χ1n) is 4.33. The summed E-state index contributed by atoms with van der Waals surface area (Å²) < 4.78 is 4.84. The molecule has 0 saturated carbocycles. The highest BCUT2D eigenvalue weighted by Gasteiger charge is 2.36. The molecule has 1 aliphatic rings. The third-order valence-corrected chi connectivity index (χ3v) is 2.30. The van der Waals surface area contributed by atoms with Crippen molar-refractivity contribution in [1.82, 2.24) is 0 Å². The summed E-state index contributed by atoms with van der Waals surface area (Å²) in [5.41, 5.74) is 0. The van der Waals surface area contributed by atoms with E-state index in [1.54, 1.807) is 0 Å². The van der Waals surface area contributed by atoms with Crippen LogP contribution in [0.2, 0.25) is 0 Å². The van der Waals surface area contributed by atoms with Crippen molar-refractivity contribution >= 4 is 5.78 Å². The Kier molecular flexibility index (Phi) is 3.97. The molecule has 1 aliphatic heterocycles. The van der Waals surface area contributed by atoms with Crippen LogP contribution in [0.15, 0.2) is 0 Å². The standard InChI is InChI=1S/C8H14O6/c9-1-4-2-14-3-5(10)7(12)8(13)6(4)11/h4,6-9,11-13H,1-3H2. The van der Waals surface area contributed by atoms with Crippen LogP contribution in [-0.4, -0.2) is 64.3 Å². The summed E-state index contributed by atoms with van der Waals surface area (Å²) >= 11 is 0. The topological polar surface area (TPSA) is 107 Å². The van der Waals surface area contributed by atoms with Crippen LogP contribution >= 0.6 is 0 Å². The zero-order valence-electron chi connectivity index (χ0n) is 7.54. The SMILES string of the molecule is O=C1COCC(CO)C(O)C(O)C1O. The molecule has 0 spiro atoms. The van der Waals surface area contributed by atoms with E-state index >= 15 is 0 Å². The number of ketones is 1. The molecule has 1 rings (SSSR count). The number of ether oxygens (including phenoxy) is 1. The molecule has 82 valence electrons. The largest absolute Gasteiger partial charge is 0.396 e. The van der Waals surface area contributed by atoms with Gasteiger partial charge in [0.1, 0.15) is 18.8 Å². The highest BCUT2D eigenvalue weighted by Crippen LogP contribution is 2.14. The van der Waals surface area contributed by atoms with Gasteiger partial charge in [-0.1, -0.05) is 0 Å². The van der Waals surface area contributed by atoms with Crippen molar-refractivity contribution < 1.29 is 30.0 Å². The van der Waals surface area contributed by atoms with E-state index in [4.69, 9.17) is 9.84 Å². The molecular weight excluding hydrogens is 192 g/mol. The van der Waals surface area contributed by atoms with Gasteiger partial charge in [-0.3, -0.25) is 4.79 Å². The van der Waals surface area contributed by atoms with Crippen molar-refractivity contribution in [2.24, 2.45) is 5.92 Å². The van der Waals surface area contributed by atoms with Gasteiger partial charge in [-0.15, -0.1) is 0 Å². The molecule has 0 aromatic carbocycles. The fourth-order valence-electron chi connectivity index (χ4n) is 1.31. The minimum absolute atomic E-state index is 0.0206. The summed E-state index contributed by atoms with van der Waals surface area (Å²) in [5, 5.41) is 36.8. The Morgan fingerprint density at radius 1 is 1.29 bits per heavy atom. The van der Waals surface area contributed by atoms with Crippen molar-refractivity contribution in [2.45, 2.75) is 18.3 Å². The molecule has 0 amide bonds. The van der Waals surface area contributed by atoms with Gasteiger partial charge in [0.15, 0.2) is 5.78 Å². The number of aliphatic hydroxyl groups excluding tert-OH is 4. The lowest BCUT2D eigenvalue weighted by Crippen LogP contribution is -2.50. The van der Waals surface area contributed by atoms with Crippen molar-refractivity contribution in [3.63, 3.8) is 0 Å². The predicted molar refractivity (Wildman–Crippen MR) is 44.4 cm³/mol. The molecular formula is C8H14O6. The highest BCUT2D eigenvalue weighted by molar-refractivity contribution is 5.84. The lowest BCUT2D eigenvalue weighted by Gasteiger charge is -2.30. The number of carbonyl (C=O) groups excluding carboxylic acids is 1. The van der Waals surface area contributed by atoms with E-state index in [1.165, 1.54) is 0 Å². The van der Waals surface area contributed by atoms with Gasteiger partial charge in [0, 0.05) is 5.92 Å². The molecule has 1 saturated heterocycles. The van der Waals surface area contributed by atoms with Gasteiger partial charge in [0.2, 0.25) is 0 Å². The van der Waals surface area contributed by atoms with Gasteiger partial charge in [0.05, 0.1) is 19.3 Å². The van der Waals surface area contributed by atoms with E-state index in [0.717, 1.165) is 0 Å². The highest BCUT2D eigenvalue weighted by atomic mass is 16.5. The third-order valence-electron chi connectivity index (χ3n) is 2.30. The summed E-state index contributed by atoms with van der Waals surface area (Å²) in [5.74, 6) is -1.36. The maximum absolute atomic E-state index is 11.0. The first-order valence-corrected chi connectivity index (χ1v) is 4.33. The minimum Gasteiger partial charge on any atom is -0.396 e. The molecule has 4 atom stereocenters. The maximum atomic E-state index is 11.0. The predicted octanol–water partition coefficient (Wildman–Crippen LogP) is -2.72. The quantitative estimate of drug-likeness (QED) is 0.371. The molecule has 14 heavy (non-hydrogen) atoms. The van der Waals surface area contributed by atoms with Crippen molar-refractivity contribution in [1.29, 1.82) is 0 Å². The van der Waals surface area contributed by atoms with Gasteiger partial charge < -0.3 is 25.2 Å². The number of hydrogen-bond acceptors (Lipinski definition) is 6. The molecule has 0 radical (unpaired) electrons. The lowest BCUT2D eigenvalue weighted by atomic mass is 9.93. The molecule has 4 unspecified atom stereocenters. The Morgan fingerprint density at radius 2 is 1.93 bits per heavy atom. The second-order valence-corrected chi connectivity index (χ2v) is 3.35. The zero-order chi connectivity index (χ0) is 10.7. The first-order chi connectivity index (χ1) is 6.57. The molecule has 0 aliphatic carbocycles. The summed E-state index contributed by atoms with van der Waals surface area (Å²) in [6, 6.07) is 0. The van der Waals surface area contributed by atoms with Gasteiger partial charge >= 0.3 is 0 Å². The molecule has 6 heteroatoms. The van der Waals surface area contributed by atoms with Crippen LogP contribution in [0.5, 0.6) is 0 Å². The monoisotopic (exact) mass is 206 g/mol. The Balaban J connectivity index is 2.72. The van der Waals surface area contributed by atoms with Crippen LogP contribution in [0.3, 0.4) is 0 Å². The second-order valence-electron chi connectivity index (χ2n) is 3.35. The van der Waals surface area contributed by atoms with E-state index in [2.05, 4.69) is 0 Å². The van der Waals surface area contributed by atoms with Crippen molar-refractivity contribution in [3.05, 3.63) is 0 Å². The Hall–Kier alpha value is -0.530. The summed E-state index contributed by atoms with van der Waals surface area (Å²) in [6.07, 6.45) is -4.58. The fraction of sp³-hybridized carbons (Fsp3) is 0.875. The summed E-state index contributed by atoms with van der Waals surface area (Å²) in [6.45, 7) is -0.715. The van der Waals surface area contributed by atoms with E-state index in [9.17, 15) is 20.1 Å². The van der Waals surface area contributed by atoms with Crippen LogP contribution in [0.4, 0.5) is 0 Å². The van der Waals surface area contributed by atoms with Crippen LogP contribution in [0, 0.1) is 5.92 Å². The van der Waals surface area contributed by atoms with E-state index in [1.807, 2.05) is 0 Å². The molecule has 0 aromatic heterocycles. The zero-order valence-corrected chi connectivity index (χ0v) is 7.54. The van der Waals surface area contributed by atoms with Crippen LogP contribution < -0.4 is 0 Å².